The zero-order chi connectivity index (χ0) is 39.7. The van der Waals surface area contributed by atoms with Crippen LogP contribution in [-0.4, -0.2) is 125 Å². The van der Waals surface area contributed by atoms with Crippen LogP contribution in [0.1, 0.15) is 83.1 Å². The number of hydrogen-bond acceptors (Lipinski definition) is 6. The van der Waals surface area contributed by atoms with Gasteiger partial charge in [0.2, 0.25) is 0 Å². The third-order valence-corrected chi connectivity index (χ3v) is 51.4. The molecule has 1 aliphatic rings. The van der Waals surface area contributed by atoms with E-state index in [4.69, 9.17) is 9.98 Å². The number of aliphatic imine (C=N–C) groups is 2. The summed E-state index contributed by atoms with van der Waals surface area (Å²) in [6.45, 7) is 63.0. The summed E-state index contributed by atoms with van der Waals surface area (Å²) >= 11 is -2.39. The van der Waals surface area contributed by atoms with Crippen LogP contribution in [0.2, 0.25) is 78.6 Å². The van der Waals surface area contributed by atoms with Gasteiger partial charge in [0.05, 0.1) is 0 Å². The Morgan fingerprint density at radius 3 is 0.860 bits per heavy atom. The van der Waals surface area contributed by atoms with E-state index >= 15 is 0 Å². The van der Waals surface area contributed by atoms with Gasteiger partial charge < -0.3 is 0 Å². The molecular formula is C38H82N6Si4Sn2. The van der Waals surface area contributed by atoms with Gasteiger partial charge in [0.1, 0.15) is 0 Å². The molecule has 0 N–H and O–H groups in total. The minimum absolute atomic E-state index is 0.110. The molecule has 0 aliphatic heterocycles. The second kappa shape index (κ2) is 17.3. The Bertz CT molecular complexity index is 1130. The molecule has 1 aliphatic carbocycles. The first-order chi connectivity index (χ1) is 21.8. The van der Waals surface area contributed by atoms with Crippen molar-refractivity contribution in [2.75, 3.05) is 26.2 Å². The van der Waals surface area contributed by atoms with Gasteiger partial charge in [-0.25, -0.2) is 0 Å². The van der Waals surface area contributed by atoms with Gasteiger partial charge in [0, 0.05) is 0 Å². The van der Waals surface area contributed by atoms with E-state index < -0.39 is 76.3 Å². The summed E-state index contributed by atoms with van der Waals surface area (Å²) < 4.78 is 11.9. The van der Waals surface area contributed by atoms with Crippen LogP contribution in [0.4, 0.5) is 0 Å². The number of allylic oxidation sites excluding steroid dienone is 2. The standard InChI is InChI=1S/C26H46N4.2C6H18NSi2.2Sn/c1-23(2,3)15-27-19-13-21(29-17-25(7,8)9)22(30-18-26(10,11)12)14-20(19)28-16-24(4,5)6;2*1-8(2,3)7-9(4,5)6;;/h13-14H,15-18H2,1-12H3;2*1-6H3;;/q-2;2*-1;2*+2. The summed E-state index contributed by atoms with van der Waals surface area (Å²) in [7, 11) is -6.19. The molecule has 0 heterocycles. The Morgan fingerprint density at radius 1 is 0.440 bits per heavy atom. The Balaban J connectivity index is 4.31. The first-order valence-corrected chi connectivity index (χ1v) is 37.9. The normalized spacial score (nSPS) is 18.0. The van der Waals surface area contributed by atoms with Gasteiger partial charge in [-0.2, -0.15) is 0 Å². The molecule has 0 atom stereocenters. The summed E-state index contributed by atoms with van der Waals surface area (Å²) in [5, 5.41) is 0. The first kappa shape index (κ1) is 48.8. The van der Waals surface area contributed by atoms with E-state index in [0.29, 0.717) is 0 Å². The third-order valence-electron chi connectivity index (χ3n) is 7.49. The molecule has 12 heteroatoms. The summed E-state index contributed by atoms with van der Waals surface area (Å²) in [5.41, 5.74) is 5.59. The molecule has 0 aromatic carbocycles. The fourth-order valence-corrected chi connectivity index (χ4v) is 43.0. The summed E-state index contributed by atoms with van der Waals surface area (Å²) in [6.07, 6.45) is 5.04. The second-order valence-electron chi connectivity index (χ2n) is 23.4. The molecule has 6 nitrogen and oxygen atoms in total. The maximum atomic E-state index is 5.57. The molecule has 0 aromatic rings. The van der Waals surface area contributed by atoms with Crippen LogP contribution < -0.4 is 0 Å². The van der Waals surface area contributed by atoms with Crippen molar-refractivity contribution in [3.8, 4) is 0 Å². The van der Waals surface area contributed by atoms with Crippen molar-refractivity contribution in [3.63, 3.8) is 0 Å². The van der Waals surface area contributed by atoms with Crippen LogP contribution in [0.15, 0.2) is 33.5 Å². The topological polar surface area (TPSA) is 37.7 Å². The van der Waals surface area contributed by atoms with Crippen LogP contribution in [0.25, 0.3) is 0 Å². The van der Waals surface area contributed by atoms with Gasteiger partial charge in [-0.05, 0) is 0 Å². The monoisotopic (exact) mass is 974 g/mol. The Kier molecular flexibility index (Phi) is 16.9. The quantitative estimate of drug-likeness (QED) is 0.128. The van der Waals surface area contributed by atoms with Crippen LogP contribution in [0.3, 0.4) is 0 Å². The van der Waals surface area contributed by atoms with E-state index in [1.54, 1.807) is 0 Å². The van der Waals surface area contributed by atoms with Crippen LogP contribution in [0.5, 0.6) is 0 Å². The molecule has 288 valence electrons. The van der Waals surface area contributed by atoms with Crippen molar-refractivity contribution in [3.05, 3.63) is 23.5 Å². The molecule has 1 rings (SSSR count). The maximum absolute atomic E-state index is 5.57. The van der Waals surface area contributed by atoms with Crippen molar-refractivity contribution in [1.29, 1.82) is 0 Å². The van der Waals surface area contributed by atoms with Gasteiger partial charge in [-0.1, -0.05) is 0 Å². The fraction of sp³-hybridized carbons (Fsp3) is 0.842. The summed E-state index contributed by atoms with van der Waals surface area (Å²) in [5.74, 6) is 0. The Labute approximate surface area is 339 Å². The molecule has 0 bridgehead atoms. The van der Waals surface area contributed by atoms with Gasteiger partial charge in [-0.3, -0.25) is 0 Å². The van der Waals surface area contributed by atoms with Crippen molar-refractivity contribution >= 4 is 87.7 Å². The van der Waals surface area contributed by atoms with Crippen molar-refractivity contribution < 1.29 is 0 Å². The molecule has 4 radical (unpaired) electrons. The van der Waals surface area contributed by atoms with E-state index in [-0.39, 0.29) is 21.7 Å². The van der Waals surface area contributed by atoms with Crippen LogP contribution in [0, 0.1) is 21.7 Å². The Morgan fingerprint density at radius 2 is 0.680 bits per heavy atom. The van der Waals surface area contributed by atoms with Crippen molar-refractivity contribution in [1.82, 2.24) is 11.1 Å². The van der Waals surface area contributed by atoms with Crippen LogP contribution in [-0.2, 0) is 0 Å². The van der Waals surface area contributed by atoms with Gasteiger partial charge in [0.15, 0.2) is 0 Å². The predicted molar refractivity (Wildman–Crippen MR) is 241 cm³/mol. The zero-order valence-corrected chi connectivity index (χ0v) is 47.4. The van der Waals surface area contributed by atoms with E-state index in [9.17, 15) is 0 Å². The number of hydrogen-bond donors (Lipinski definition) is 0. The van der Waals surface area contributed by atoms with E-state index in [2.05, 4.69) is 185 Å². The minimum atomic E-state index is -1.55. The van der Waals surface area contributed by atoms with Crippen LogP contribution >= 0.6 is 0 Å². The van der Waals surface area contributed by atoms with E-state index in [1.807, 2.05) is 0 Å². The number of rotatable bonds is 14. The van der Waals surface area contributed by atoms with Gasteiger partial charge in [-0.15, -0.1) is 0 Å². The molecule has 0 unspecified atom stereocenters. The average molecular weight is 973 g/mol. The third kappa shape index (κ3) is 18.0. The molecule has 0 fully saturated rings. The summed E-state index contributed by atoms with van der Waals surface area (Å²) in [4.78, 5) is 11.1. The molecule has 0 spiro atoms. The molecular weight excluding hydrogens is 890 g/mol. The molecule has 0 saturated carbocycles. The molecule has 0 amide bonds. The molecule has 50 heavy (non-hydrogen) atoms. The second-order valence-corrected chi connectivity index (χ2v) is 55.4. The molecule has 0 saturated heterocycles. The van der Waals surface area contributed by atoms with Gasteiger partial charge in [0.25, 0.3) is 0 Å². The molecule has 0 aromatic heterocycles. The SMILES string of the molecule is CC(C)(C)CN=C1C=C([N](CC(C)(C)C)[Sn][N]([Si](C)(C)C)[Si](C)(C)C)C(=NCC(C)(C)C)C=C1[N](CC(C)(C)C)[Sn][N]([Si](C)(C)C)[Si](C)(C)C. The zero-order valence-electron chi connectivity index (χ0n) is 37.7. The number of nitrogens with zero attached hydrogens (tertiary/aromatic N) is 6. The van der Waals surface area contributed by atoms with Crippen molar-refractivity contribution in [2.45, 2.75) is 162 Å². The summed E-state index contributed by atoms with van der Waals surface area (Å²) in [6, 6.07) is 0. The Hall–Kier alpha value is 0.805. The first-order valence-electron chi connectivity index (χ1n) is 19.0. The van der Waals surface area contributed by atoms with E-state index in [0.717, 1.165) is 26.2 Å². The predicted octanol–water partition coefficient (Wildman–Crippen LogP) is 10.5. The van der Waals surface area contributed by atoms with E-state index in [1.165, 1.54) is 22.8 Å². The van der Waals surface area contributed by atoms with Crippen molar-refractivity contribution in [2.24, 2.45) is 31.6 Å². The van der Waals surface area contributed by atoms with Gasteiger partial charge >= 0.3 is 342 Å². The average Bonchev–Trinajstić information content (AvgIpc) is 2.81. The fourth-order valence-electron chi connectivity index (χ4n) is 6.04.